The number of carbonyl (C=O) groups is 4. The topological polar surface area (TPSA) is 157 Å². The van der Waals surface area contributed by atoms with Crippen molar-refractivity contribution in [2.75, 3.05) is 19.5 Å². The normalized spacial score (nSPS) is 12.7. The van der Waals surface area contributed by atoms with Crippen molar-refractivity contribution < 1.29 is 54.6 Å². The number of nitrogens with one attached hydrogen (secondary N) is 3. The molecule has 0 aliphatic heterocycles. The third kappa shape index (κ3) is 9.63. The summed E-state index contributed by atoms with van der Waals surface area (Å²) in [5.74, 6) is -13.5. The van der Waals surface area contributed by atoms with Crippen LogP contribution in [0, 0.1) is 29.2 Å². The summed E-state index contributed by atoms with van der Waals surface area (Å²) < 4.78 is 89.9. The van der Waals surface area contributed by atoms with Gasteiger partial charge in [0.1, 0.15) is 18.4 Å². The summed E-state index contributed by atoms with van der Waals surface area (Å²) in [6, 6.07) is 9.24. The lowest BCUT2D eigenvalue weighted by atomic mass is 10.0. The molecule has 3 aromatic rings. The maximum absolute atomic E-state index is 14.0. The molecule has 0 spiro atoms. The van der Waals surface area contributed by atoms with Crippen LogP contribution in [0.3, 0.4) is 0 Å². The Hall–Kier alpha value is -4.73. The molecule has 0 aromatic heterocycles. The fourth-order valence-electron chi connectivity index (χ4n) is 4.08. The zero-order valence-corrected chi connectivity index (χ0v) is 25.0. The Labute approximate surface area is 255 Å². The monoisotopic (exact) mass is 655 g/mol. The molecule has 3 aromatic carbocycles. The first kappa shape index (κ1) is 34.8. The SMILES string of the molecule is CC(C)[C@H](NC(=O)COc1cccc2ccccc12)C(=O)N[C@@H](CC(=O)NS(C)(=O)=O)C(=O)COc1c(F)c(F)cc(F)c1F. The molecule has 45 heavy (non-hydrogen) atoms. The van der Waals surface area contributed by atoms with E-state index < -0.39 is 100 Å². The predicted octanol–water partition coefficient (Wildman–Crippen LogP) is 2.51. The van der Waals surface area contributed by atoms with Crippen LogP contribution < -0.4 is 24.8 Å². The number of ether oxygens (including phenoxy) is 2. The predicted molar refractivity (Wildman–Crippen MR) is 153 cm³/mol. The van der Waals surface area contributed by atoms with Gasteiger partial charge in [-0.25, -0.2) is 17.2 Å². The van der Waals surface area contributed by atoms with Crippen molar-refractivity contribution in [3.05, 3.63) is 71.8 Å². The maximum Gasteiger partial charge on any atom is 0.258 e. The van der Waals surface area contributed by atoms with Gasteiger partial charge in [0.05, 0.1) is 18.7 Å². The number of halogens is 4. The molecule has 0 radical (unpaired) electrons. The average Bonchev–Trinajstić information content (AvgIpc) is 2.96. The third-order valence-electron chi connectivity index (χ3n) is 6.20. The number of rotatable bonds is 14. The Morgan fingerprint density at radius 2 is 1.44 bits per heavy atom. The third-order valence-corrected chi connectivity index (χ3v) is 6.80. The second kappa shape index (κ2) is 14.8. The van der Waals surface area contributed by atoms with E-state index in [1.54, 1.807) is 42.8 Å². The summed E-state index contributed by atoms with van der Waals surface area (Å²) in [6.45, 7) is 1.30. The second-order valence-corrected chi connectivity index (χ2v) is 11.9. The number of hydrogen-bond donors (Lipinski definition) is 3. The quantitative estimate of drug-likeness (QED) is 0.177. The molecule has 0 unspecified atom stereocenters. The lowest BCUT2D eigenvalue weighted by Crippen LogP contribution is -2.55. The van der Waals surface area contributed by atoms with Crippen LogP contribution in [0.1, 0.15) is 20.3 Å². The van der Waals surface area contributed by atoms with E-state index in [9.17, 15) is 45.2 Å². The lowest BCUT2D eigenvalue weighted by molar-refractivity contribution is -0.134. The van der Waals surface area contributed by atoms with E-state index in [2.05, 4.69) is 15.4 Å². The Morgan fingerprint density at radius 1 is 0.822 bits per heavy atom. The first-order chi connectivity index (χ1) is 21.1. The summed E-state index contributed by atoms with van der Waals surface area (Å²) in [4.78, 5) is 51.1. The van der Waals surface area contributed by atoms with Crippen LogP contribution >= 0.6 is 0 Å². The minimum absolute atomic E-state index is 0.0780. The number of benzene rings is 3. The van der Waals surface area contributed by atoms with Crippen LogP contribution in [0.2, 0.25) is 0 Å². The van der Waals surface area contributed by atoms with Crippen LogP contribution in [-0.4, -0.2) is 63.5 Å². The maximum atomic E-state index is 14.0. The van der Waals surface area contributed by atoms with Gasteiger partial charge < -0.3 is 20.1 Å². The van der Waals surface area contributed by atoms with Gasteiger partial charge in [-0.3, -0.25) is 23.9 Å². The summed E-state index contributed by atoms with van der Waals surface area (Å²) in [6.07, 6.45) is -0.343. The van der Waals surface area contributed by atoms with Crippen LogP contribution in [0.5, 0.6) is 11.5 Å². The Kier molecular flexibility index (Phi) is 11.5. The van der Waals surface area contributed by atoms with Gasteiger partial charge in [0.15, 0.2) is 29.8 Å². The van der Waals surface area contributed by atoms with E-state index in [0.29, 0.717) is 12.0 Å². The number of fused-ring (bicyclic) bond motifs is 1. The number of ketones is 1. The molecular weight excluding hydrogens is 626 g/mol. The summed E-state index contributed by atoms with van der Waals surface area (Å²) in [7, 11) is -4.10. The van der Waals surface area contributed by atoms with Crippen molar-refractivity contribution in [2.24, 2.45) is 5.92 Å². The van der Waals surface area contributed by atoms with Gasteiger partial charge in [0.25, 0.3) is 5.91 Å². The van der Waals surface area contributed by atoms with E-state index >= 15 is 0 Å². The molecule has 3 rings (SSSR count). The Bertz CT molecular complexity index is 1690. The van der Waals surface area contributed by atoms with Crippen molar-refractivity contribution in [3.63, 3.8) is 0 Å². The molecule has 0 heterocycles. The van der Waals surface area contributed by atoms with Crippen molar-refractivity contribution >= 4 is 44.3 Å². The molecule has 0 aliphatic carbocycles. The van der Waals surface area contributed by atoms with Crippen LogP contribution in [-0.2, 0) is 29.2 Å². The largest absolute Gasteiger partial charge is 0.483 e. The minimum Gasteiger partial charge on any atom is -0.483 e. The van der Waals surface area contributed by atoms with Gasteiger partial charge in [-0.1, -0.05) is 50.2 Å². The molecule has 2 atom stereocenters. The molecule has 3 N–H and O–H groups in total. The zero-order chi connectivity index (χ0) is 33.5. The molecule has 3 amide bonds. The molecule has 0 aliphatic rings. The van der Waals surface area contributed by atoms with Gasteiger partial charge >= 0.3 is 0 Å². The smallest absolute Gasteiger partial charge is 0.258 e. The molecule has 0 saturated carbocycles. The second-order valence-electron chi connectivity index (χ2n) is 10.2. The zero-order valence-electron chi connectivity index (χ0n) is 24.2. The number of sulfonamides is 1. The van der Waals surface area contributed by atoms with Gasteiger partial charge in [-0.2, -0.15) is 8.78 Å². The first-order valence-corrected chi connectivity index (χ1v) is 15.2. The molecule has 0 saturated heterocycles. The molecule has 242 valence electrons. The summed E-state index contributed by atoms with van der Waals surface area (Å²) in [5, 5.41) is 6.25. The van der Waals surface area contributed by atoms with E-state index in [0.717, 1.165) is 10.8 Å². The van der Waals surface area contributed by atoms with Crippen molar-refractivity contribution in [1.82, 2.24) is 15.4 Å². The van der Waals surface area contributed by atoms with E-state index in [-0.39, 0.29) is 6.07 Å². The van der Waals surface area contributed by atoms with E-state index in [1.165, 1.54) is 0 Å². The van der Waals surface area contributed by atoms with E-state index in [1.807, 2.05) is 18.2 Å². The fraction of sp³-hybridized carbons (Fsp3) is 0.310. The van der Waals surface area contributed by atoms with Crippen LogP contribution in [0.15, 0.2) is 48.5 Å². The Morgan fingerprint density at radius 3 is 2.07 bits per heavy atom. The average molecular weight is 656 g/mol. The molecule has 11 nitrogen and oxygen atoms in total. The number of hydrogen-bond acceptors (Lipinski definition) is 8. The van der Waals surface area contributed by atoms with E-state index in [4.69, 9.17) is 4.74 Å². The highest BCUT2D eigenvalue weighted by atomic mass is 32.2. The minimum atomic E-state index is -4.10. The number of carbonyl (C=O) groups excluding carboxylic acids is 4. The number of amides is 3. The number of Topliss-reactive ketones (excluding diaryl/α,β-unsaturated/α-hetero) is 1. The standard InChI is InChI=1S/C29H29F4N3O8S/c1-15(2)27(35-24(39)14-43-22-10-6-8-16-7-4-5-9-17(16)22)29(40)34-20(12-23(38)36-45(3,41)42)21(37)13-44-28-25(32)18(30)11-19(31)26(28)33/h4-11,15,20,27H,12-14H2,1-3H3,(H,34,40)(H,35,39)(H,36,38)/t20-,27-/m0/s1. The summed E-state index contributed by atoms with van der Waals surface area (Å²) >= 11 is 0. The molecule has 0 bridgehead atoms. The Balaban J connectivity index is 1.74. The molecular formula is C29H29F4N3O8S. The van der Waals surface area contributed by atoms with Crippen LogP contribution in [0.4, 0.5) is 17.6 Å². The highest BCUT2D eigenvalue weighted by Crippen LogP contribution is 2.27. The van der Waals surface area contributed by atoms with Gasteiger partial charge in [0.2, 0.25) is 33.5 Å². The van der Waals surface area contributed by atoms with Crippen molar-refractivity contribution in [2.45, 2.75) is 32.4 Å². The van der Waals surface area contributed by atoms with Gasteiger partial charge in [-0.15, -0.1) is 0 Å². The first-order valence-electron chi connectivity index (χ1n) is 13.3. The highest BCUT2D eigenvalue weighted by Gasteiger charge is 2.32. The highest BCUT2D eigenvalue weighted by molar-refractivity contribution is 7.89. The fourth-order valence-corrected chi connectivity index (χ4v) is 4.57. The van der Waals surface area contributed by atoms with Crippen LogP contribution in [0.25, 0.3) is 10.8 Å². The van der Waals surface area contributed by atoms with Crippen molar-refractivity contribution in [1.29, 1.82) is 0 Å². The lowest BCUT2D eigenvalue weighted by Gasteiger charge is -2.25. The molecule has 0 fully saturated rings. The van der Waals surface area contributed by atoms with Crippen molar-refractivity contribution in [3.8, 4) is 11.5 Å². The summed E-state index contributed by atoms with van der Waals surface area (Å²) in [5.41, 5.74) is 0. The molecule has 16 heteroatoms. The van der Waals surface area contributed by atoms with Gasteiger partial charge in [-0.05, 0) is 17.4 Å². The van der Waals surface area contributed by atoms with Gasteiger partial charge in [0, 0.05) is 11.5 Å².